The number of ether oxygens (including phenoxy) is 1. The Morgan fingerprint density at radius 2 is 2.14 bits per heavy atom. The van der Waals surface area contributed by atoms with Gasteiger partial charge in [-0.2, -0.15) is 0 Å². The van der Waals surface area contributed by atoms with Crippen LogP contribution in [0.3, 0.4) is 0 Å². The first-order chi connectivity index (χ1) is 10.8. The third kappa shape index (κ3) is 4.82. The molecule has 3 aliphatic rings. The molecule has 1 aliphatic carbocycles. The molecule has 2 aliphatic heterocycles. The standard InChI is InChI=1S/C18H30N2O2/c21-18(12-15-4-2-1-3-5-15)19-17-6-9-20(10-7-17)13-16-8-11-22-14-16/h4,16-17H,1-3,5-14H2,(H,19,21)/t16-/m0/s1. The third-order valence-corrected chi connectivity index (χ3v) is 5.27. The first kappa shape index (κ1) is 16.0. The van der Waals surface area contributed by atoms with Crippen molar-refractivity contribution in [3.63, 3.8) is 0 Å². The van der Waals surface area contributed by atoms with Crippen LogP contribution in [-0.2, 0) is 9.53 Å². The molecule has 3 rings (SSSR count). The van der Waals surface area contributed by atoms with E-state index in [4.69, 9.17) is 4.74 Å². The maximum atomic E-state index is 12.2. The highest BCUT2D eigenvalue weighted by Gasteiger charge is 2.24. The number of amides is 1. The monoisotopic (exact) mass is 306 g/mol. The molecule has 1 atom stereocenters. The van der Waals surface area contributed by atoms with Gasteiger partial charge in [-0.05, 0) is 50.9 Å². The smallest absolute Gasteiger partial charge is 0.224 e. The van der Waals surface area contributed by atoms with Gasteiger partial charge in [0.15, 0.2) is 0 Å². The third-order valence-electron chi connectivity index (χ3n) is 5.27. The van der Waals surface area contributed by atoms with Crippen molar-refractivity contribution in [3.05, 3.63) is 11.6 Å². The fourth-order valence-electron chi connectivity index (χ4n) is 3.90. The Balaban J connectivity index is 1.34. The molecule has 0 aromatic heterocycles. The summed E-state index contributed by atoms with van der Waals surface area (Å²) >= 11 is 0. The van der Waals surface area contributed by atoms with Crippen molar-refractivity contribution in [1.82, 2.24) is 10.2 Å². The largest absolute Gasteiger partial charge is 0.381 e. The summed E-state index contributed by atoms with van der Waals surface area (Å²) in [5.74, 6) is 0.958. The average molecular weight is 306 g/mol. The van der Waals surface area contributed by atoms with Crippen LogP contribution < -0.4 is 5.32 Å². The van der Waals surface area contributed by atoms with Crippen molar-refractivity contribution < 1.29 is 9.53 Å². The van der Waals surface area contributed by atoms with Crippen molar-refractivity contribution in [2.75, 3.05) is 32.8 Å². The number of carbonyl (C=O) groups is 1. The minimum Gasteiger partial charge on any atom is -0.381 e. The van der Waals surface area contributed by atoms with E-state index in [1.807, 2.05) is 0 Å². The molecule has 1 N–H and O–H groups in total. The van der Waals surface area contributed by atoms with E-state index in [1.165, 1.54) is 31.4 Å². The summed E-state index contributed by atoms with van der Waals surface area (Å²) in [5, 5.41) is 3.25. The number of carbonyl (C=O) groups excluding carboxylic acids is 1. The Bertz CT molecular complexity index is 394. The molecule has 0 saturated carbocycles. The Kier molecular flexibility index (Phi) is 5.90. The molecule has 2 heterocycles. The van der Waals surface area contributed by atoms with Crippen LogP contribution in [0.1, 0.15) is 51.4 Å². The molecule has 0 radical (unpaired) electrons. The first-order valence-electron chi connectivity index (χ1n) is 9.07. The van der Waals surface area contributed by atoms with Gasteiger partial charge in [0.2, 0.25) is 5.91 Å². The van der Waals surface area contributed by atoms with Crippen LogP contribution >= 0.6 is 0 Å². The van der Waals surface area contributed by atoms with Crippen molar-refractivity contribution in [2.45, 2.75) is 57.4 Å². The summed E-state index contributed by atoms with van der Waals surface area (Å²) in [5.41, 5.74) is 1.35. The van der Waals surface area contributed by atoms with E-state index in [0.717, 1.165) is 57.9 Å². The summed E-state index contributed by atoms with van der Waals surface area (Å²) in [7, 11) is 0. The van der Waals surface area contributed by atoms with Crippen LogP contribution in [0.5, 0.6) is 0 Å². The van der Waals surface area contributed by atoms with Crippen molar-refractivity contribution in [3.8, 4) is 0 Å². The number of allylic oxidation sites excluding steroid dienone is 1. The van der Waals surface area contributed by atoms with Gasteiger partial charge < -0.3 is 15.0 Å². The van der Waals surface area contributed by atoms with E-state index in [2.05, 4.69) is 16.3 Å². The predicted octanol–water partition coefficient (Wildman–Crippen LogP) is 2.49. The second-order valence-corrected chi connectivity index (χ2v) is 7.16. The Labute approximate surface area is 134 Å². The zero-order valence-electron chi connectivity index (χ0n) is 13.7. The van der Waals surface area contributed by atoms with Crippen molar-refractivity contribution in [1.29, 1.82) is 0 Å². The molecule has 4 heteroatoms. The maximum absolute atomic E-state index is 12.2. The molecule has 22 heavy (non-hydrogen) atoms. The van der Waals surface area contributed by atoms with Gasteiger partial charge in [-0.15, -0.1) is 0 Å². The number of rotatable bonds is 5. The molecule has 0 aromatic carbocycles. The van der Waals surface area contributed by atoms with Gasteiger partial charge in [0, 0.05) is 38.7 Å². The lowest BCUT2D eigenvalue weighted by Gasteiger charge is -2.33. The van der Waals surface area contributed by atoms with Crippen molar-refractivity contribution >= 4 is 5.91 Å². The quantitative estimate of drug-likeness (QED) is 0.794. The normalized spacial score (nSPS) is 27.6. The van der Waals surface area contributed by atoms with Crippen LogP contribution in [0, 0.1) is 5.92 Å². The van der Waals surface area contributed by atoms with Gasteiger partial charge in [-0.3, -0.25) is 4.79 Å². The number of piperidine rings is 1. The molecule has 0 aromatic rings. The SMILES string of the molecule is O=C(CC1=CCCCC1)NC1CCN(C[C@@H]2CCOC2)CC1. The van der Waals surface area contributed by atoms with Gasteiger partial charge in [-0.25, -0.2) is 0 Å². The Morgan fingerprint density at radius 1 is 1.27 bits per heavy atom. The highest BCUT2D eigenvalue weighted by atomic mass is 16.5. The van der Waals surface area contributed by atoms with Gasteiger partial charge in [-0.1, -0.05) is 11.6 Å². The van der Waals surface area contributed by atoms with Crippen LogP contribution in [0.4, 0.5) is 0 Å². The zero-order valence-corrected chi connectivity index (χ0v) is 13.7. The topological polar surface area (TPSA) is 41.6 Å². The molecule has 4 nitrogen and oxygen atoms in total. The summed E-state index contributed by atoms with van der Waals surface area (Å²) in [4.78, 5) is 14.7. The van der Waals surface area contributed by atoms with E-state index in [9.17, 15) is 4.79 Å². The lowest BCUT2D eigenvalue weighted by molar-refractivity contribution is -0.121. The summed E-state index contributed by atoms with van der Waals surface area (Å²) < 4.78 is 5.46. The second-order valence-electron chi connectivity index (χ2n) is 7.16. The van der Waals surface area contributed by atoms with E-state index in [0.29, 0.717) is 12.5 Å². The molecular formula is C18H30N2O2. The van der Waals surface area contributed by atoms with E-state index < -0.39 is 0 Å². The average Bonchev–Trinajstić information content (AvgIpc) is 3.03. The highest BCUT2D eigenvalue weighted by molar-refractivity contribution is 5.78. The summed E-state index contributed by atoms with van der Waals surface area (Å²) in [6.07, 6.45) is 11.1. The number of likely N-dealkylation sites (tertiary alicyclic amines) is 1. The predicted molar refractivity (Wildman–Crippen MR) is 87.7 cm³/mol. The molecule has 2 fully saturated rings. The first-order valence-corrected chi connectivity index (χ1v) is 9.07. The number of hydrogen-bond acceptors (Lipinski definition) is 3. The Hall–Kier alpha value is -0.870. The number of nitrogens with zero attached hydrogens (tertiary/aromatic N) is 1. The molecule has 124 valence electrons. The van der Waals surface area contributed by atoms with E-state index >= 15 is 0 Å². The summed E-state index contributed by atoms with van der Waals surface area (Å²) in [6, 6.07) is 0.382. The molecule has 0 spiro atoms. The minimum absolute atomic E-state index is 0.232. The fourth-order valence-corrected chi connectivity index (χ4v) is 3.90. The lowest BCUT2D eigenvalue weighted by Crippen LogP contribution is -2.45. The second kappa shape index (κ2) is 8.11. The van der Waals surface area contributed by atoms with Crippen LogP contribution in [0.2, 0.25) is 0 Å². The van der Waals surface area contributed by atoms with Gasteiger partial charge in [0.05, 0.1) is 6.61 Å². The minimum atomic E-state index is 0.232. The molecule has 1 amide bonds. The number of hydrogen-bond donors (Lipinski definition) is 1. The lowest BCUT2D eigenvalue weighted by atomic mass is 9.96. The summed E-state index contributed by atoms with van der Waals surface area (Å²) in [6.45, 7) is 5.28. The van der Waals surface area contributed by atoms with Gasteiger partial charge >= 0.3 is 0 Å². The molecule has 0 bridgehead atoms. The maximum Gasteiger partial charge on any atom is 0.224 e. The molecular weight excluding hydrogens is 276 g/mol. The van der Waals surface area contributed by atoms with Crippen LogP contribution in [-0.4, -0.2) is 49.7 Å². The number of nitrogens with one attached hydrogen (secondary N) is 1. The highest BCUT2D eigenvalue weighted by Crippen LogP contribution is 2.21. The van der Waals surface area contributed by atoms with Gasteiger partial charge in [0.1, 0.15) is 0 Å². The fraction of sp³-hybridized carbons (Fsp3) is 0.833. The Morgan fingerprint density at radius 3 is 2.82 bits per heavy atom. The van der Waals surface area contributed by atoms with E-state index in [1.54, 1.807) is 0 Å². The van der Waals surface area contributed by atoms with Gasteiger partial charge in [0.25, 0.3) is 0 Å². The van der Waals surface area contributed by atoms with E-state index in [-0.39, 0.29) is 5.91 Å². The van der Waals surface area contributed by atoms with Crippen molar-refractivity contribution in [2.24, 2.45) is 5.92 Å². The molecule has 0 unspecified atom stereocenters. The van der Waals surface area contributed by atoms with Crippen LogP contribution in [0.15, 0.2) is 11.6 Å². The zero-order chi connectivity index (χ0) is 15.2. The van der Waals surface area contributed by atoms with Crippen LogP contribution in [0.25, 0.3) is 0 Å². The molecule has 2 saturated heterocycles.